The minimum atomic E-state index is -4.48. The van der Waals surface area contributed by atoms with Crippen molar-refractivity contribution in [3.63, 3.8) is 0 Å². The van der Waals surface area contributed by atoms with Crippen LogP contribution in [-0.4, -0.2) is 23.9 Å². The summed E-state index contributed by atoms with van der Waals surface area (Å²) in [6, 6.07) is 11.8. The molecule has 0 radical (unpaired) electrons. The molecular weight excluding hydrogens is 437 g/mol. The molecule has 1 aromatic heterocycles. The fourth-order valence-corrected chi connectivity index (χ4v) is 3.76. The van der Waals surface area contributed by atoms with E-state index in [9.17, 15) is 18.4 Å². The Balaban J connectivity index is 1.86. The zero-order valence-corrected chi connectivity index (χ0v) is 17.7. The van der Waals surface area contributed by atoms with Gasteiger partial charge in [0, 0.05) is 5.56 Å². The first-order chi connectivity index (χ1) is 15.8. The van der Waals surface area contributed by atoms with Crippen LogP contribution in [0.25, 0.3) is 11.3 Å². The maximum Gasteiger partial charge on any atom is 0.416 e. The van der Waals surface area contributed by atoms with Gasteiger partial charge in [0.1, 0.15) is 11.6 Å². The highest BCUT2D eigenvalue weighted by Crippen LogP contribution is 2.47. The second kappa shape index (κ2) is 8.43. The van der Waals surface area contributed by atoms with Crippen molar-refractivity contribution in [1.29, 1.82) is 5.26 Å². The average Bonchev–Trinajstić information content (AvgIpc) is 3.21. The number of allylic oxidation sites excluding steroid dienone is 1. The van der Waals surface area contributed by atoms with Crippen molar-refractivity contribution in [3.8, 4) is 34.7 Å². The first-order valence-electron chi connectivity index (χ1n) is 9.92. The molecular formula is C23H19F3N4O3. The summed E-state index contributed by atoms with van der Waals surface area (Å²) in [5.41, 5.74) is 7.30. The number of H-pyrrole nitrogens is 1. The quantitative estimate of drug-likeness (QED) is 0.575. The van der Waals surface area contributed by atoms with Gasteiger partial charge in [-0.25, -0.2) is 0 Å². The smallest absolute Gasteiger partial charge is 0.416 e. The third kappa shape index (κ3) is 3.93. The highest BCUT2D eigenvalue weighted by atomic mass is 19.4. The lowest BCUT2D eigenvalue weighted by Gasteiger charge is -2.24. The van der Waals surface area contributed by atoms with Gasteiger partial charge < -0.3 is 19.9 Å². The van der Waals surface area contributed by atoms with E-state index in [1.165, 1.54) is 19.2 Å². The van der Waals surface area contributed by atoms with E-state index in [2.05, 4.69) is 10.2 Å². The van der Waals surface area contributed by atoms with Crippen LogP contribution in [0.4, 0.5) is 13.2 Å². The maximum atomic E-state index is 13.1. The summed E-state index contributed by atoms with van der Waals surface area (Å²) in [6.07, 6.45) is -4.48. The minimum absolute atomic E-state index is 0.0720. The van der Waals surface area contributed by atoms with Crippen LogP contribution in [0, 0.1) is 11.3 Å². The van der Waals surface area contributed by atoms with Gasteiger partial charge in [0.25, 0.3) is 0 Å². The molecule has 170 valence electrons. The van der Waals surface area contributed by atoms with Crippen LogP contribution in [0.3, 0.4) is 0 Å². The fourth-order valence-electron chi connectivity index (χ4n) is 3.76. The standard InChI is InChI=1S/C23H19F3N4O3/c1-3-32-16-9-6-13(10-17(16)31-2)20-19-18(12-4-7-14(8-5-12)23(24,25)26)15(11-27)21(28)33-22(19)30-29-20/h4-10,18H,3,28H2,1-2H3,(H,29,30)/t18-/m1/s1. The Kier molecular flexibility index (Phi) is 5.64. The second-order valence-corrected chi connectivity index (χ2v) is 7.16. The highest BCUT2D eigenvalue weighted by molar-refractivity contribution is 5.73. The van der Waals surface area contributed by atoms with Crippen molar-refractivity contribution in [2.45, 2.75) is 19.0 Å². The molecule has 3 N–H and O–H groups in total. The van der Waals surface area contributed by atoms with Gasteiger partial charge in [0.15, 0.2) is 11.5 Å². The van der Waals surface area contributed by atoms with E-state index >= 15 is 0 Å². The largest absolute Gasteiger partial charge is 0.493 e. The topological polar surface area (TPSA) is 106 Å². The van der Waals surface area contributed by atoms with E-state index in [-0.39, 0.29) is 17.3 Å². The molecule has 0 bridgehead atoms. The summed E-state index contributed by atoms with van der Waals surface area (Å²) >= 11 is 0. The van der Waals surface area contributed by atoms with Crippen LogP contribution in [0.2, 0.25) is 0 Å². The lowest BCUT2D eigenvalue weighted by atomic mass is 9.82. The molecule has 7 nitrogen and oxygen atoms in total. The molecule has 0 aliphatic carbocycles. The second-order valence-electron chi connectivity index (χ2n) is 7.16. The molecule has 0 saturated carbocycles. The molecule has 2 heterocycles. The Bertz CT molecular complexity index is 1260. The van der Waals surface area contributed by atoms with Gasteiger partial charge >= 0.3 is 6.18 Å². The van der Waals surface area contributed by atoms with Crippen LogP contribution in [-0.2, 0) is 6.18 Å². The first kappa shape index (κ1) is 22.1. The molecule has 1 aliphatic heterocycles. The number of aromatic amines is 1. The fraction of sp³-hybridized carbons (Fsp3) is 0.217. The average molecular weight is 456 g/mol. The van der Waals surface area contributed by atoms with Crippen molar-refractivity contribution in [2.24, 2.45) is 5.73 Å². The zero-order chi connectivity index (χ0) is 23.8. The van der Waals surface area contributed by atoms with E-state index in [4.69, 9.17) is 19.9 Å². The number of nitrogens with one attached hydrogen (secondary N) is 1. The summed E-state index contributed by atoms with van der Waals surface area (Å²) < 4.78 is 55.7. The van der Waals surface area contributed by atoms with Crippen molar-refractivity contribution in [3.05, 3.63) is 70.6 Å². The number of methoxy groups -OCH3 is 1. The summed E-state index contributed by atoms with van der Waals surface area (Å²) in [7, 11) is 1.51. The van der Waals surface area contributed by atoms with Gasteiger partial charge in [-0.05, 0) is 42.8 Å². The monoisotopic (exact) mass is 456 g/mol. The number of hydrogen-bond donors (Lipinski definition) is 2. The zero-order valence-electron chi connectivity index (χ0n) is 17.7. The number of halogens is 3. The van der Waals surface area contributed by atoms with Crippen LogP contribution in [0.15, 0.2) is 53.9 Å². The Hall–Kier alpha value is -4.13. The number of nitrogens with zero attached hydrogens (tertiary/aromatic N) is 2. The van der Waals surface area contributed by atoms with Crippen LogP contribution >= 0.6 is 0 Å². The van der Waals surface area contributed by atoms with E-state index in [0.717, 1.165) is 12.1 Å². The molecule has 0 unspecified atom stereocenters. The summed E-state index contributed by atoms with van der Waals surface area (Å²) in [4.78, 5) is 0. The molecule has 2 aromatic carbocycles. The Morgan fingerprint density at radius 3 is 2.52 bits per heavy atom. The number of ether oxygens (including phenoxy) is 3. The number of benzene rings is 2. The molecule has 0 amide bonds. The number of nitriles is 1. The number of aromatic nitrogens is 2. The predicted octanol–water partition coefficient (Wildman–Crippen LogP) is 4.72. The molecule has 4 rings (SSSR count). The van der Waals surface area contributed by atoms with Crippen molar-refractivity contribution in [1.82, 2.24) is 10.2 Å². The number of fused-ring (bicyclic) bond motifs is 1. The van der Waals surface area contributed by atoms with Crippen LogP contribution in [0.5, 0.6) is 17.4 Å². The maximum absolute atomic E-state index is 13.1. The summed E-state index contributed by atoms with van der Waals surface area (Å²) in [5, 5.41) is 16.8. The lowest BCUT2D eigenvalue weighted by molar-refractivity contribution is -0.137. The molecule has 1 atom stereocenters. The van der Waals surface area contributed by atoms with E-state index in [1.54, 1.807) is 18.2 Å². The number of nitrogens with two attached hydrogens (primary N) is 1. The summed E-state index contributed by atoms with van der Waals surface area (Å²) in [6.45, 7) is 2.30. The highest BCUT2D eigenvalue weighted by Gasteiger charge is 2.37. The van der Waals surface area contributed by atoms with E-state index in [0.29, 0.717) is 40.5 Å². The van der Waals surface area contributed by atoms with E-state index < -0.39 is 17.7 Å². The molecule has 0 saturated heterocycles. The van der Waals surface area contributed by atoms with Gasteiger partial charge in [0.2, 0.25) is 11.8 Å². The molecule has 3 aromatic rings. The van der Waals surface area contributed by atoms with Gasteiger partial charge in [0.05, 0.1) is 36.5 Å². The van der Waals surface area contributed by atoms with Crippen LogP contribution in [0.1, 0.15) is 29.5 Å². The van der Waals surface area contributed by atoms with E-state index in [1.807, 2.05) is 13.0 Å². The number of hydrogen-bond acceptors (Lipinski definition) is 6. The SMILES string of the molecule is CCOc1ccc(-c2[nH]nc3c2[C@H](c2ccc(C(F)(F)F)cc2)C(C#N)=C(N)O3)cc1OC. The van der Waals surface area contributed by atoms with Crippen molar-refractivity contribution >= 4 is 0 Å². The summed E-state index contributed by atoms with van der Waals surface area (Å²) in [5.74, 6) is 0.231. The van der Waals surface area contributed by atoms with Gasteiger partial charge in [-0.2, -0.15) is 18.4 Å². The molecule has 33 heavy (non-hydrogen) atoms. The molecule has 0 fully saturated rings. The Labute approximate surface area is 187 Å². The molecule has 10 heteroatoms. The number of rotatable bonds is 5. The first-order valence-corrected chi connectivity index (χ1v) is 9.92. The third-order valence-electron chi connectivity index (χ3n) is 5.26. The van der Waals surface area contributed by atoms with Gasteiger partial charge in [-0.15, -0.1) is 5.10 Å². The van der Waals surface area contributed by atoms with Gasteiger partial charge in [-0.1, -0.05) is 12.1 Å². The molecule has 0 spiro atoms. The normalized spacial score (nSPS) is 15.5. The van der Waals surface area contributed by atoms with Crippen molar-refractivity contribution in [2.75, 3.05) is 13.7 Å². The minimum Gasteiger partial charge on any atom is -0.493 e. The van der Waals surface area contributed by atoms with Gasteiger partial charge in [-0.3, -0.25) is 5.10 Å². The van der Waals surface area contributed by atoms with Crippen LogP contribution < -0.4 is 19.9 Å². The Morgan fingerprint density at radius 1 is 1.18 bits per heavy atom. The predicted molar refractivity (Wildman–Crippen MR) is 112 cm³/mol. The lowest BCUT2D eigenvalue weighted by Crippen LogP contribution is -2.21. The number of alkyl halides is 3. The third-order valence-corrected chi connectivity index (χ3v) is 5.26. The molecule has 1 aliphatic rings. The van der Waals surface area contributed by atoms with Crippen molar-refractivity contribution < 1.29 is 27.4 Å². The Morgan fingerprint density at radius 2 is 1.91 bits per heavy atom.